The highest BCUT2D eigenvalue weighted by Gasteiger charge is 2.42. The van der Waals surface area contributed by atoms with Gasteiger partial charge in [-0.25, -0.2) is 22.4 Å². The number of halogens is 1. The molecule has 10 heteroatoms. The molecule has 2 heterocycles. The Morgan fingerprint density at radius 2 is 1.76 bits per heavy atom. The van der Waals surface area contributed by atoms with Gasteiger partial charge in [-0.05, 0) is 66.6 Å². The van der Waals surface area contributed by atoms with Gasteiger partial charge in [-0.15, -0.1) is 0 Å². The van der Waals surface area contributed by atoms with Gasteiger partial charge in [0.15, 0.2) is 0 Å². The summed E-state index contributed by atoms with van der Waals surface area (Å²) in [5, 5.41) is 11.1. The first-order valence-corrected chi connectivity index (χ1v) is 14.5. The third kappa shape index (κ3) is 6.57. The van der Waals surface area contributed by atoms with Crippen molar-refractivity contribution < 1.29 is 22.7 Å². The molecule has 0 amide bonds. The lowest BCUT2D eigenvalue weighted by Crippen LogP contribution is -2.52. The van der Waals surface area contributed by atoms with E-state index in [9.17, 15) is 22.7 Å². The van der Waals surface area contributed by atoms with E-state index < -0.39 is 22.0 Å². The van der Waals surface area contributed by atoms with E-state index in [1.54, 1.807) is 31.4 Å². The maximum atomic E-state index is 13.6. The van der Waals surface area contributed by atoms with Crippen LogP contribution < -0.4 is 10.3 Å². The fraction of sp³-hybridized carbons (Fsp3) is 0.393. The Morgan fingerprint density at radius 3 is 2.37 bits per heavy atom. The Hall–Kier alpha value is -2.89. The number of rotatable bonds is 9. The van der Waals surface area contributed by atoms with Crippen molar-refractivity contribution in [3.05, 3.63) is 94.2 Å². The lowest BCUT2D eigenvalue weighted by atomic mass is 9.84. The first-order chi connectivity index (χ1) is 18.0. The number of ether oxygens (including phenoxy) is 1. The number of aromatic nitrogens is 1. The summed E-state index contributed by atoms with van der Waals surface area (Å²) in [6.45, 7) is 2.75. The van der Waals surface area contributed by atoms with Crippen molar-refractivity contribution in [1.82, 2.24) is 14.2 Å². The topological polar surface area (TPSA) is 101 Å². The molecule has 3 aromatic rings. The molecule has 0 spiro atoms. The van der Waals surface area contributed by atoms with Crippen molar-refractivity contribution in [2.75, 3.05) is 19.3 Å². The van der Waals surface area contributed by atoms with Gasteiger partial charge in [0.25, 0.3) is 0 Å². The zero-order valence-electron chi connectivity index (χ0n) is 21.8. The molecule has 1 fully saturated rings. The molecule has 1 aliphatic heterocycles. The Morgan fingerprint density at radius 1 is 1.11 bits per heavy atom. The number of hydrogen-bond acceptors (Lipinski definition) is 6. The van der Waals surface area contributed by atoms with Crippen molar-refractivity contribution in [1.29, 1.82) is 0 Å². The fourth-order valence-corrected chi connectivity index (χ4v) is 5.48. The van der Waals surface area contributed by atoms with E-state index in [0.29, 0.717) is 25.8 Å². The quantitative estimate of drug-likeness (QED) is 0.401. The minimum atomic E-state index is -3.32. The smallest absolute Gasteiger partial charge is 0.250 e. The van der Waals surface area contributed by atoms with Crippen LogP contribution in [0.2, 0.25) is 0 Å². The van der Waals surface area contributed by atoms with Crippen molar-refractivity contribution in [3.8, 4) is 11.1 Å². The van der Waals surface area contributed by atoms with E-state index in [1.807, 2.05) is 36.1 Å². The van der Waals surface area contributed by atoms with Gasteiger partial charge in [0.05, 0.1) is 11.9 Å². The summed E-state index contributed by atoms with van der Waals surface area (Å²) in [7, 11) is -1.60. The second-order valence-electron chi connectivity index (χ2n) is 9.87. The van der Waals surface area contributed by atoms with Crippen LogP contribution in [0.5, 0.6) is 0 Å². The van der Waals surface area contributed by atoms with Crippen molar-refractivity contribution in [2.24, 2.45) is 7.05 Å². The molecule has 38 heavy (non-hydrogen) atoms. The Bertz CT molecular complexity index is 1410. The number of benzene rings is 2. The molecule has 8 nitrogen and oxygen atoms in total. The van der Waals surface area contributed by atoms with E-state index >= 15 is 0 Å². The Kier molecular flexibility index (Phi) is 8.49. The Labute approximate surface area is 222 Å². The molecule has 204 valence electrons. The lowest BCUT2D eigenvalue weighted by molar-refractivity contribution is -0.298. The number of nitrogens with zero attached hydrogens (tertiary/aromatic N) is 2. The number of pyridine rings is 1. The largest absolute Gasteiger partial charge is 0.356 e. The molecule has 0 bridgehead atoms. The van der Waals surface area contributed by atoms with Gasteiger partial charge >= 0.3 is 0 Å². The molecule has 3 unspecified atom stereocenters. The molecule has 2 aromatic carbocycles. The van der Waals surface area contributed by atoms with Crippen molar-refractivity contribution in [2.45, 2.75) is 44.2 Å². The summed E-state index contributed by atoms with van der Waals surface area (Å²) in [5.74, 6) is -0.365. The monoisotopic (exact) mass is 543 g/mol. The predicted octanol–water partition coefficient (Wildman–Crippen LogP) is 3.48. The van der Waals surface area contributed by atoms with E-state index in [2.05, 4.69) is 4.72 Å². The molecule has 1 aliphatic rings. The van der Waals surface area contributed by atoms with E-state index in [-0.39, 0.29) is 24.0 Å². The number of sulfonamides is 1. The van der Waals surface area contributed by atoms with E-state index in [0.717, 1.165) is 28.5 Å². The molecule has 2 N–H and O–H groups in total. The highest BCUT2D eigenvalue weighted by atomic mass is 32.2. The van der Waals surface area contributed by atoms with Gasteiger partial charge in [0, 0.05) is 38.4 Å². The summed E-state index contributed by atoms with van der Waals surface area (Å²) >= 11 is 0. The molecule has 1 saturated heterocycles. The van der Waals surface area contributed by atoms with Crippen LogP contribution in [0, 0.1) is 5.82 Å². The van der Waals surface area contributed by atoms with Gasteiger partial charge < -0.3 is 14.4 Å². The van der Waals surface area contributed by atoms with Crippen LogP contribution in [0.1, 0.15) is 43.4 Å². The SMILES string of the molecule is CC(c1ccc(-c2ccc(=O)n(C)c2)cc1)N1CCC(CCCNS(C)(=O)=O)(c2ccc(F)cc2)OC1O. The highest BCUT2D eigenvalue weighted by Crippen LogP contribution is 2.41. The predicted molar refractivity (Wildman–Crippen MR) is 144 cm³/mol. The van der Waals surface area contributed by atoms with E-state index in [4.69, 9.17) is 4.74 Å². The number of aryl methyl sites for hydroxylation is 1. The minimum absolute atomic E-state index is 0.0681. The van der Waals surface area contributed by atoms with Crippen LogP contribution in [-0.4, -0.2) is 48.8 Å². The Balaban J connectivity index is 1.49. The number of aliphatic hydroxyl groups excluding tert-OH is 1. The maximum absolute atomic E-state index is 13.6. The average molecular weight is 544 g/mol. The number of nitrogens with one attached hydrogen (secondary N) is 1. The molecule has 0 saturated carbocycles. The molecule has 3 atom stereocenters. The second-order valence-corrected chi connectivity index (χ2v) is 11.7. The summed E-state index contributed by atoms with van der Waals surface area (Å²) in [5.41, 5.74) is 2.70. The normalized spacial score (nSPS) is 21.3. The van der Waals surface area contributed by atoms with Crippen LogP contribution >= 0.6 is 0 Å². The molecule has 0 radical (unpaired) electrons. The van der Waals surface area contributed by atoms with E-state index in [1.165, 1.54) is 22.8 Å². The molecular formula is C28H34FN3O5S. The average Bonchev–Trinajstić information content (AvgIpc) is 2.88. The standard InChI is InChI=1S/C28H34FN3O5S/c1-20(21-5-7-22(8-6-21)23-9-14-26(33)31(2)19-23)32-18-16-28(37-27(32)34,15-4-17-30-38(3,35)36)24-10-12-25(29)13-11-24/h5-14,19-20,27,30,34H,4,15-18H2,1-3H3. The molecule has 1 aromatic heterocycles. The first kappa shape index (κ1) is 28.1. The molecular weight excluding hydrogens is 509 g/mol. The van der Waals surface area contributed by atoms with Crippen LogP contribution in [0.3, 0.4) is 0 Å². The first-order valence-electron chi connectivity index (χ1n) is 12.6. The maximum Gasteiger partial charge on any atom is 0.250 e. The third-order valence-electron chi connectivity index (χ3n) is 7.19. The van der Waals surface area contributed by atoms with Crippen LogP contribution in [0.4, 0.5) is 4.39 Å². The summed E-state index contributed by atoms with van der Waals surface area (Å²) in [4.78, 5) is 13.6. The summed E-state index contributed by atoms with van der Waals surface area (Å²) < 4.78 is 46.8. The third-order valence-corrected chi connectivity index (χ3v) is 7.92. The zero-order chi connectivity index (χ0) is 27.5. The van der Waals surface area contributed by atoms with Gasteiger partial charge in [-0.3, -0.25) is 4.79 Å². The lowest BCUT2D eigenvalue weighted by Gasteiger charge is -2.47. The van der Waals surface area contributed by atoms with Gasteiger partial charge in [-0.2, -0.15) is 0 Å². The second kappa shape index (κ2) is 11.5. The number of hydrogen-bond donors (Lipinski definition) is 2. The number of aliphatic hydroxyl groups is 1. The van der Waals surface area contributed by atoms with Crippen LogP contribution in [0.25, 0.3) is 11.1 Å². The van der Waals surface area contributed by atoms with Crippen molar-refractivity contribution >= 4 is 10.0 Å². The molecule has 4 rings (SSSR count). The van der Waals surface area contributed by atoms with Crippen LogP contribution in [0.15, 0.2) is 71.7 Å². The van der Waals surface area contributed by atoms with Crippen molar-refractivity contribution in [3.63, 3.8) is 0 Å². The van der Waals surface area contributed by atoms with Gasteiger partial charge in [0.1, 0.15) is 5.82 Å². The molecule has 0 aliphatic carbocycles. The van der Waals surface area contributed by atoms with Crippen LogP contribution in [-0.2, 0) is 27.4 Å². The minimum Gasteiger partial charge on any atom is -0.356 e. The fourth-order valence-electron chi connectivity index (χ4n) is 4.97. The summed E-state index contributed by atoms with van der Waals surface area (Å²) in [6, 6.07) is 17.2. The van der Waals surface area contributed by atoms with Gasteiger partial charge in [-0.1, -0.05) is 36.4 Å². The highest BCUT2D eigenvalue weighted by molar-refractivity contribution is 7.88. The zero-order valence-corrected chi connectivity index (χ0v) is 22.6. The van der Waals surface area contributed by atoms with Gasteiger partial charge in [0.2, 0.25) is 22.0 Å². The summed E-state index contributed by atoms with van der Waals surface area (Å²) in [6.07, 6.45) is 3.17.